The van der Waals surface area contributed by atoms with E-state index in [0.717, 1.165) is 12.0 Å². The van der Waals surface area contributed by atoms with Gasteiger partial charge in [0.2, 0.25) is 0 Å². The predicted molar refractivity (Wildman–Crippen MR) is 79.8 cm³/mol. The van der Waals surface area contributed by atoms with Gasteiger partial charge in [0, 0.05) is 37.8 Å². The van der Waals surface area contributed by atoms with Crippen LogP contribution in [0.5, 0.6) is 0 Å². The highest BCUT2D eigenvalue weighted by Gasteiger charge is 2.35. The Balaban J connectivity index is 1.96. The SMILES string of the molecule is COC1(CNC(=O)c2ccc(C(N)=S)cc2)CCOC1. The summed E-state index contributed by atoms with van der Waals surface area (Å²) < 4.78 is 10.8. The topological polar surface area (TPSA) is 73.6 Å². The lowest BCUT2D eigenvalue weighted by Crippen LogP contribution is -2.45. The molecular formula is C14H18N2O3S. The molecule has 1 amide bonds. The average molecular weight is 294 g/mol. The molecule has 0 aromatic heterocycles. The number of benzene rings is 1. The highest BCUT2D eigenvalue weighted by Crippen LogP contribution is 2.21. The average Bonchev–Trinajstić information content (AvgIpc) is 2.94. The zero-order chi connectivity index (χ0) is 14.6. The number of hydrogen-bond acceptors (Lipinski definition) is 4. The van der Waals surface area contributed by atoms with Crippen LogP contribution in [0.2, 0.25) is 0 Å². The molecule has 2 rings (SSSR count). The molecule has 20 heavy (non-hydrogen) atoms. The molecular weight excluding hydrogens is 276 g/mol. The second-order valence-electron chi connectivity index (χ2n) is 4.81. The fourth-order valence-electron chi connectivity index (χ4n) is 2.09. The largest absolute Gasteiger partial charge is 0.389 e. The van der Waals surface area contributed by atoms with Crippen molar-refractivity contribution in [3.05, 3.63) is 35.4 Å². The lowest BCUT2D eigenvalue weighted by atomic mass is 10.0. The van der Waals surface area contributed by atoms with E-state index < -0.39 is 5.60 Å². The molecule has 5 nitrogen and oxygen atoms in total. The summed E-state index contributed by atoms with van der Waals surface area (Å²) in [7, 11) is 1.64. The second kappa shape index (κ2) is 6.30. The number of nitrogens with one attached hydrogen (secondary N) is 1. The van der Waals surface area contributed by atoms with Gasteiger partial charge in [0.25, 0.3) is 5.91 Å². The molecule has 1 aliphatic heterocycles. The van der Waals surface area contributed by atoms with Gasteiger partial charge in [0.15, 0.2) is 0 Å². The van der Waals surface area contributed by atoms with E-state index in [1.165, 1.54) is 0 Å². The molecule has 6 heteroatoms. The fraction of sp³-hybridized carbons (Fsp3) is 0.429. The van der Waals surface area contributed by atoms with Crippen LogP contribution in [-0.2, 0) is 9.47 Å². The van der Waals surface area contributed by atoms with Gasteiger partial charge in [0.1, 0.15) is 10.6 Å². The number of amides is 1. The maximum Gasteiger partial charge on any atom is 0.251 e. The van der Waals surface area contributed by atoms with E-state index in [1.807, 2.05) is 0 Å². The monoisotopic (exact) mass is 294 g/mol. The molecule has 1 aliphatic rings. The van der Waals surface area contributed by atoms with Crippen molar-refractivity contribution in [1.29, 1.82) is 0 Å². The molecule has 1 saturated heterocycles. The van der Waals surface area contributed by atoms with Gasteiger partial charge in [0.05, 0.1) is 6.61 Å². The Labute approximate surface area is 123 Å². The van der Waals surface area contributed by atoms with E-state index in [9.17, 15) is 4.79 Å². The Kier molecular flexibility index (Phi) is 4.69. The molecule has 1 unspecified atom stereocenters. The van der Waals surface area contributed by atoms with Crippen molar-refractivity contribution >= 4 is 23.1 Å². The Bertz CT molecular complexity index is 496. The van der Waals surface area contributed by atoms with E-state index in [2.05, 4.69) is 5.32 Å². The number of ether oxygens (including phenoxy) is 2. The molecule has 0 bridgehead atoms. The van der Waals surface area contributed by atoms with Crippen molar-refractivity contribution in [2.24, 2.45) is 5.73 Å². The third-order valence-corrected chi connectivity index (χ3v) is 3.74. The summed E-state index contributed by atoms with van der Waals surface area (Å²) in [5.41, 5.74) is 6.42. The Morgan fingerprint density at radius 2 is 2.10 bits per heavy atom. The van der Waals surface area contributed by atoms with E-state index in [-0.39, 0.29) is 5.91 Å². The number of carbonyl (C=O) groups is 1. The normalized spacial score (nSPS) is 21.6. The molecule has 0 aliphatic carbocycles. The number of methoxy groups -OCH3 is 1. The van der Waals surface area contributed by atoms with Gasteiger partial charge in [-0.15, -0.1) is 0 Å². The number of thiocarbonyl (C=S) groups is 1. The van der Waals surface area contributed by atoms with Crippen LogP contribution < -0.4 is 11.1 Å². The standard InChI is InChI=1S/C14H18N2O3S/c1-18-14(6-7-19-9-14)8-16-13(17)11-4-2-10(3-5-11)12(15)20/h2-5H,6-9H2,1H3,(H2,15,20)(H,16,17). The van der Waals surface area contributed by atoms with Gasteiger partial charge >= 0.3 is 0 Å². The fourth-order valence-corrected chi connectivity index (χ4v) is 2.23. The van der Waals surface area contributed by atoms with E-state index in [4.69, 9.17) is 27.4 Å². The third-order valence-electron chi connectivity index (χ3n) is 3.50. The van der Waals surface area contributed by atoms with Crippen LogP contribution in [0.1, 0.15) is 22.3 Å². The van der Waals surface area contributed by atoms with Crippen molar-refractivity contribution in [2.75, 3.05) is 26.9 Å². The van der Waals surface area contributed by atoms with E-state index in [1.54, 1.807) is 31.4 Å². The first-order valence-corrected chi connectivity index (χ1v) is 6.78. The second-order valence-corrected chi connectivity index (χ2v) is 5.25. The first-order valence-electron chi connectivity index (χ1n) is 6.37. The van der Waals surface area contributed by atoms with Crippen LogP contribution in [0, 0.1) is 0 Å². The van der Waals surface area contributed by atoms with Gasteiger partial charge in [-0.25, -0.2) is 0 Å². The third kappa shape index (κ3) is 3.33. The number of rotatable bonds is 5. The lowest BCUT2D eigenvalue weighted by Gasteiger charge is -2.25. The number of carbonyl (C=O) groups excluding carboxylic acids is 1. The maximum atomic E-state index is 12.1. The zero-order valence-corrected chi connectivity index (χ0v) is 12.2. The van der Waals surface area contributed by atoms with Gasteiger partial charge in [-0.1, -0.05) is 24.4 Å². The Hall–Kier alpha value is -1.50. The molecule has 0 radical (unpaired) electrons. The summed E-state index contributed by atoms with van der Waals surface area (Å²) in [5.74, 6) is -0.150. The Morgan fingerprint density at radius 3 is 2.60 bits per heavy atom. The summed E-state index contributed by atoms with van der Waals surface area (Å²) in [5, 5.41) is 2.87. The molecule has 1 fully saturated rings. The van der Waals surface area contributed by atoms with Crippen molar-refractivity contribution in [1.82, 2.24) is 5.32 Å². The zero-order valence-electron chi connectivity index (χ0n) is 11.3. The smallest absolute Gasteiger partial charge is 0.251 e. The van der Waals surface area contributed by atoms with Crippen LogP contribution in [0.4, 0.5) is 0 Å². The predicted octanol–water partition coefficient (Wildman–Crippen LogP) is 0.856. The van der Waals surface area contributed by atoms with Crippen LogP contribution in [-0.4, -0.2) is 43.4 Å². The first kappa shape index (κ1) is 14.9. The summed E-state index contributed by atoms with van der Waals surface area (Å²) >= 11 is 4.87. The molecule has 1 atom stereocenters. The molecule has 0 saturated carbocycles. The molecule has 0 spiro atoms. The van der Waals surface area contributed by atoms with E-state index in [0.29, 0.717) is 30.3 Å². The summed E-state index contributed by atoms with van der Waals surface area (Å²) in [6, 6.07) is 6.88. The highest BCUT2D eigenvalue weighted by molar-refractivity contribution is 7.80. The lowest BCUT2D eigenvalue weighted by molar-refractivity contribution is -0.0148. The van der Waals surface area contributed by atoms with Gasteiger partial charge < -0.3 is 20.5 Å². The summed E-state index contributed by atoms with van der Waals surface area (Å²) in [6.07, 6.45) is 0.782. The summed E-state index contributed by atoms with van der Waals surface area (Å²) in [4.78, 5) is 12.4. The minimum absolute atomic E-state index is 0.150. The molecule has 108 valence electrons. The summed E-state index contributed by atoms with van der Waals surface area (Å²) in [6.45, 7) is 1.59. The first-order chi connectivity index (χ1) is 9.56. The number of nitrogens with two attached hydrogens (primary N) is 1. The Morgan fingerprint density at radius 1 is 1.45 bits per heavy atom. The molecule has 1 aromatic rings. The maximum absolute atomic E-state index is 12.1. The highest BCUT2D eigenvalue weighted by atomic mass is 32.1. The molecule has 1 heterocycles. The van der Waals surface area contributed by atoms with Gasteiger partial charge in [-0.2, -0.15) is 0 Å². The molecule has 3 N–H and O–H groups in total. The van der Waals surface area contributed by atoms with Crippen LogP contribution in [0.25, 0.3) is 0 Å². The van der Waals surface area contributed by atoms with Crippen molar-refractivity contribution < 1.29 is 14.3 Å². The van der Waals surface area contributed by atoms with E-state index >= 15 is 0 Å². The quantitative estimate of drug-likeness (QED) is 0.788. The molecule has 1 aromatic carbocycles. The minimum Gasteiger partial charge on any atom is -0.389 e. The van der Waals surface area contributed by atoms with Gasteiger partial charge in [-0.05, 0) is 12.1 Å². The van der Waals surface area contributed by atoms with Gasteiger partial charge in [-0.3, -0.25) is 4.79 Å². The minimum atomic E-state index is -0.408. The van der Waals surface area contributed by atoms with Crippen LogP contribution >= 0.6 is 12.2 Å². The van der Waals surface area contributed by atoms with Crippen LogP contribution in [0.3, 0.4) is 0 Å². The number of hydrogen-bond donors (Lipinski definition) is 2. The van der Waals surface area contributed by atoms with Crippen LogP contribution in [0.15, 0.2) is 24.3 Å². The van der Waals surface area contributed by atoms with Crippen molar-refractivity contribution in [3.63, 3.8) is 0 Å². The van der Waals surface area contributed by atoms with Crippen molar-refractivity contribution in [3.8, 4) is 0 Å². The van der Waals surface area contributed by atoms with Crippen molar-refractivity contribution in [2.45, 2.75) is 12.0 Å².